The molecular weight excluding hydrogens is 361 g/mol. The van der Waals surface area contributed by atoms with Gasteiger partial charge in [-0.2, -0.15) is 0 Å². The summed E-state index contributed by atoms with van der Waals surface area (Å²) in [7, 11) is 0. The number of carbonyl (C=O) groups is 2. The van der Waals surface area contributed by atoms with E-state index in [1.54, 1.807) is 0 Å². The Morgan fingerprint density at radius 1 is 1.11 bits per heavy atom. The molecule has 0 aliphatic carbocycles. The van der Waals surface area contributed by atoms with Crippen LogP contribution in [0.2, 0.25) is 0 Å². The van der Waals surface area contributed by atoms with E-state index in [0.29, 0.717) is 12.2 Å². The number of rotatable bonds is 7. The van der Waals surface area contributed by atoms with E-state index < -0.39 is 5.82 Å². The Labute approximate surface area is 163 Å². The highest BCUT2D eigenvalue weighted by Crippen LogP contribution is 2.20. The Bertz CT molecular complexity index is 808. The molecule has 3 amide bonds. The van der Waals surface area contributed by atoms with Crippen LogP contribution in [0.5, 0.6) is 0 Å². The molecule has 1 saturated heterocycles. The molecule has 1 atom stereocenters. The Morgan fingerprint density at radius 2 is 1.93 bits per heavy atom. The van der Waals surface area contributed by atoms with Crippen LogP contribution < -0.4 is 16.0 Å². The molecule has 0 aromatic heterocycles. The van der Waals surface area contributed by atoms with E-state index in [1.165, 1.54) is 18.2 Å². The number of carbonyl (C=O) groups excluding carboxylic acids is 2. The minimum Gasteiger partial charge on any atom is -0.378 e. The largest absolute Gasteiger partial charge is 0.378 e. The first-order chi connectivity index (χ1) is 13.6. The first-order valence-electron chi connectivity index (χ1n) is 9.40. The molecule has 1 unspecified atom stereocenters. The molecule has 1 heterocycles. The third-order valence-corrected chi connectivity index (χ3v) is 4.48. The molecule has 6 nitrogen and oxygen atoms in total. The van der Waals surface area contributed by atoms with Gasteiger partial charge in [-0.05, 0) is 43.0 Å². The summed E-state index contributed by atoms with van der Waals surface area (Å²) in [6, 6.07) is 12.9. The van der Waals surface area contributed by atoms with Gasteiger partial charge in [0.2, 0.25) is 5.91 Å². The molecule has 148 valence electrons. The molecular formula is C21H24FN3O3. The van der Waals surface area contributed by atoms with Crippen molar-refractivity contribution in [1.82, 2.24) is 5.32 Å². The van der Waals surface area contributed by atoms with Gasteiger partial charge in [0.25, 0.3) is 0 Å². The van der Waals surface area contributed by atoms with Gasteiger partial charge in [0.05, 0.1) is 18.2 Å². The van der Waals surface area contributed by atoms with Gasteiger partial charge in [-0.3, -0.25) is 4.79 Å². The number of ether oxygens (including phenoxy) is 1. The van der Waals surface area contributed by atoms with Crippen molar-refractivity contribution in [3.63, 3.8) is 0 Å². The van der Waals surface area contributed by atoms with E-state index in [4.69, 9.17) is 4.74 Å². The lowest BCUT2D eigenvalue weighted by atomic mass is 10.1. The maximum absolute atomic E-state index is 14.0. The molecule has 3 rings (SSSR count). The predicted molar refractivity (Wildman–Crippen MR) is 106 cm³/mol. The molecule has 3 N–H and O–H groups in total. The second kappa shape index (κ2) is 9.85. The average Bonchev–Trinajstić information content (AvgIpc) is 3.19. The summed E-state index contributed by atoms with van der Waals surface area (Å²) in [5.41, 5.74) is 1.25. The minimum absolute atomic E-state index is 0.0260. The van der Waals surface area contributed by atoms with Crippen molar-refractivity contribution in [3.8, 4) is 0 Å². The molecule has 2 aromatic rings. The second-order valence-electron chi connectivity index (χ2n) is 6.71. The zero-order chi connectivity index (χ0) is 19.8. The van der Waals surface area contributed by atoms with E-state index in [0.717, 1.165) is 31.4 Å². The van der Waals surface area contributed by atoms with Crippen molar-refractivity contribution in [1.29, 1.82) is 0 Å². The van der Waals surface area contributed by atoms with Crippen molar-refractivity contribution in [2.45, 2.75) is 31.8 Å². The predicted octanol–water partition coefficient (Wildman–Crippen LogP) is 3.70. The van der Waals surface area contributed by atoms with Crippen molar-refractivity contribution < 1.29 is 18.7 Å². The SMILES string of the molecule is O=C(Cc1ccccc1)Nc1cc(NC(=O)NCCC2CCCO2)ccc1F. The zero-order valence-corrected chi connectivity index (χ0v) is 15.5. The molecule has 1 aliphatic heterocycles. The molecule has 0 bridgehead atoms. The third kappa shape index (κ3) is 6.06. The van der Waals surface area contributed by atoms with Crippen molar-refractivity contribution >= 4 is 23.3 Å². The van der Waals surface area contributed by atoms with Crippen molar-refractivity contribution in [2.24, 2.45) is 0 Å². The fourth-order valence-corrected chi connectivity index (χ4v) is 3.07. The molecule has 1 aliphatic rings. The zero-order valence-electron chi connectivity index (χ0n) is 15.5. The van der Waals surface area contributed by atoms with Crippen LogP contribution in [0.15, 0.2) is 48.5 Å². The van der Waals surface area contributed by atoms with Gasteiger partial charge in [0, 0.05) is 18.8 Å². The van der Waals surface area contributed by atoms with Crippen LogP contribution in [0.1, 0.15) is 24.8 Å². The molecule has 0 spiro atoms. The quantitative estimate of drug-likeness (QED) is 0.680. The van der Waals surface area contributed by atoms with E-state index >= 15 is 0 Å². The van der Waals surface area contributed by atoms with Gasteiger partial charge in [0.1, 0.15) is 5.82 Å². The van der Waals surface area contributed by atoms with E-state index in [9.17, 15) is 14.0 Å². The first-order valence-corrected chi connectivity index (χ1v) is 9.40. The number of anilines is 2. The summed E-state index contributed by atoms with van der Waals surface area (Å²) in [6.45, 7) is 1.28. The lowest BCUT2D eigenvalue weighted by molar-refractivity contribution is -0.115. The maximum Gasteiger partial charge on any atom is 0.319 e. The van der Waals surface area contributed by atoms with Crippen LogP contribution in [-0.2, 0) is 16.0 Å². The maximum atomic E-state index is 14.0. The van der Waals surface area contributed by atoms with Crippen LogP contribution in [0.25, 0.3) is 0 Å². The van der Waals surface area contributed by atoms with Crippen molar-refractivity contribution in [3.05, 3.63) is 59.9 Å². The van der Waals surface area contributed by atoms with Crippen LogP contribution in [0.4, 0.5) is 20.6 Å². The van der Waals surface area contributed by atoms with Gasteiger partial charge in [-0.1, -0.05) is 30.3 Å². The topological polar surface area (TPSA) is 79.5 Å². The summed E-state index contributed by atoms with van der Waals surface area (Å²) < 4.78 is 19.5. The van der Waals surface area contributed by atoms with Crippen LogP contribution >= 0.6 is 0 Å². The average molecular weight is 385 g/mol. The lowest BCUT2D eigenvalue weighted by Gasteiger charge is -2.12. The first kappa shape index (κ1) is 19.8. The van der Waals surface area contributed by atoms with Crippen LogP contribution in [-0.4, -0.2) is 31.2 Å². The van der Waals surface area contributed by atoms with Crippen molar-refractivity contribution in [2.75, 3.05) is 23.8 Å². The molecule has 28 heavy (non-hydrogen) atoms. The monoisotopic (exact) mass is 385 g/mol. The Balaban J connectivity index is 1.50. The summed E-state index contributed by atoms with van der Waals surface area (Å²) in [6.07, 6.45) is 3.19. The van der Waals surface area contributed by atoms with Gasteiger partial charge in [-0.25, -0.2) is 9.18 Å². The van der Waals surface area contributed by atoms with E-state index in [-0.39, 0.29) is 30.2 Å². The van der Waals surface area contributed by atoms with Crippen LogP contribution in [0.3, 0.4) is 0 Å². The standard InChI is InChI=1S/C21H24FN3O3/c22-18-9-8-16(24-21(27)23-11-10-17-7-4-12-28-17)14-19(18)25-20(26)13-15-5-2-1-3-6-15/h1-3,5-6,8-9,14,17H,4,7,10-13H2,(H,25,26)(H2,23,24,27). The van der Waals surface area contributed by atoms with Gasteiger partial charge in [0.15, 0.2) is 0 Å². The lowest BCUT2D eigenvalue weighted by Crippen LogP contribution is -2.31. The van der Waals surface area contributed by atoms with Gasteiger partial charge in [-0.15, -0.1) is 0 Å². The fraction of sp³-hybridized carbons (Fsp3) is 0.333. The van der Waals surface area contributed by atoms with Crippen LogP contribution in [0, 0.1) is 5.82 Å². The highest BCUT2D eigenvalue weighted by atomic mass is 19.1. The number of urea groups is 1. The Morgan fingerprint density at radius 3 is 2.68 bits per heavy atom. The number of benzene rings is 2. The Kier molecular flexibility index (Phi) is 6.97. The minimum atomic E-state index is -0.564. The highest BCUT2D eigenvalue weighted by Gasteiger charge is 2.15. The molecule has 1 fully saturated rings. The highest BCUT2D eigenvalue weighted by molar-refractivity contribution is 5.94. The molecule has 0 saturated carbocycles. The van der Waals surface area contributed by atoms with E-state index in [1.807, 2.05) is 30.3 Å². The smallest absolute Gasteiger partial charge is 0.319 e. The van der Waals surface area contributed by atoms with Gasteiger partial charge >= 0.3 is 6.03 Å². The fourth-order valence-electron chi connectivity index (χ4n) is 3.07. The third-order valence-electron chi connectivity index (χ3n) is 4.48. The second-order valence-corrected chi connectivity index (χ2v) is 6.71. The number of hydrogen-bond acceptors (Lipinski definition) is 3. The number of halogens is 1. The Hall–Kier alpha value is -2.93. The summed E-state index contributed by atoms with van der Waals surface area (Å²) >= 11 is 0. The normalized spacial score (nSPS) is 15.8. The number of hydrogen-bond donors (Lipinski definition) is 3. The number of amides is 3. The summed E-state index contributed by atoms with van der Waals surface area (Å²) in [5, 5.41) is 7.95. The summed E-state index contributed by atoms with van der Waals surface area (Å²) in [4.78, 5) is 24.1. The summed E-state index contributed by atoms with van der Waals surface area (Å²) in [5.74, 6) is -0.894. The van der Waals surface area contributed by atoms with E-state index in [2.05, 4.69) is 16.0 Å². The molecule has 2 aromatic carbocycles. The molecule has 7 heteroatoms. The number of nitrogens with one attached hydrogen (secondary N) is 3. The molecule has 0 radical (unpaired) electrons. The van der Waals surface area contributed by atoms with Gasteiger partial charge < -0.3 is 20.7 Å².